The standard InChI is InChI=1S/C9H16N2O4/c1-9(2,3)15-8(14)11-6-7(13)10-4-5-12/h5H,4,6H2,1-3H3,(H,10,13)(H,11,14). The van der Waals surface area contributed by atoms with Crippen LogP contribution >= 0.6 is 0 Å². The predicted molar refractivity (Wildman–Crippen MR) is 53.3 cm³/mol. The van der Waals surface area contributed by atoms with E-state index in [9.17, 15) is 14.4 Å². The van der Waals surface area contributed by atoms with E-state index < -0.39 is 17.6 Å². The molecule has 0 aliphatic heterocycles. The number of alkyl carbamates (subject to hydrolysis) is 1. The fourth-order valence-electron chi connectivity index (χ4n) is 0.685. The molecular formula is C9H16N2O4. The lowest BCUT2D eigenvalue weighted by molar-refractivity contribution is -0.121. The molecule has 0 aromatic carbocycles. The van der Waals surface area contributed by atoms with Gasteiger partial charge in [-0.1, -0.05) is 0 Å². The Morgan fingerprint density at radius 2 is 1.87 bits per heavy atom. The van der Waals surface area contributed by atoms with Crippen molar-refractivity contribution in [1.82, 2.24) is 10.6 Å². The van der Waals surface area contributed by atoms with Crippen molar-refractivity contribution in [1.29, 1.82) is 0 Å². The second-order valence-electron chi connectivity index (χ2n) is 3.83. The molecule has 0 heterocycles. The Hall–Kier alpha value is -1.59. The first-order chi connectivity index (χ1) is 6.85. The first-order valence-electron chi connectivity index (χ1n) is 4.52. The second-order valence-corrected chi connectivity index (χ2v) is 3.83. The maximum Gasteiger partial charge on any atom is 0.408 e. The molecule has 86 valence electrons. The van der Waals surface area contributed by atoms with Crippen molar-refractivity contribution in [3.05, 3.63) is 0 Å². The van der Waals surface area contributed by atoms with Crippen LogP contribution in [-0.2, 0) is 14.3 Å². The van der Waals surface area contributed by atoms with Gasteiger partial charge in [-0.05, 0) is 20.8 Å². The van der Waals surface area contributed by atoms with E-state index in [1.807, 2.05) is 0 Å². The number of hydrogen-bond donors (Lipinski definition) is 2. The van der Waals surface area contributed by atoms with E-state index in [1.165, 1.54) is 0 Å². The molecule has 15 heavy (non-hydrogen) atoms. The normalized spacial score (nSPS) is 10.3. The fourth-order valence-corrected chi connectivity index (χ4v) is 0.685. The first kappa shape index (κ1) is 13.4. The fraction of sp³-hybridized carbons (Fsp3) is 0.667. The van der Waals surface area contributed by atoms with Gasteiger partial charge in [-0.15, -0.1) is 0 Å². The highest BCUT2D eigenvalue weighted by Crippen LogP contribution is 2.05. The Labute approximate surface area is 88.4 Å². The molecule has 0 aliphatic carbocycles. The third kappa shape index (κ3) is 8.73. The van der Waals surface area contributed by atoms with E-state index >= 15 is 0 Å². The molecule has 0 bridgehead atoms. The average molecular weight is 216 g/mol. The van der Waals surface area contributed by atoms with Crippen molar-refractivity contribution < 1.29 is 19.1 Å². The Morgan fingerprint density at radius 3 is 2.33 bits per heavy atom. The van der Waals surface area contributed by atoms with Gasteiger partial charge < -0.3 is 20.2 Å². The maximum absolute atomic E-state index is 11.1. The Kier molecular flexibility index (Phi) is 5.36. The van der Waals surface area contributed by atoms with E-state index in [-0.39, 0.29) is 13.1 Å². The minimum Gasteiger partial charge on any atom is -0.444 e. The Morgan fingerprint density at radius 1 is 1.27 bits per heavy atom. The van der Waals surface area contributed by atoms with Gasteiger partial charge in [0.25, 0.3) is 0 Å². The summed E-state index contributed by atoms with van der Waals surface area (Å²) in [7, 11) is 0. The minimum absolute atomic E-state index is 0.0607. The lowest BCUT2D eigenvalue weighted by Gasteiger charge is -2.19. The van der Waals surface area contributed by atoms with Gasteiger partial charge in [-0.25, -0.2) is 4.79 Å². The van der Waals surface area contributed by atoms with Crippen molar-refractivity contribution >= 4 is 18.3 Å². The first-order valence-corrected chi connectivity index (χ1v) is 4.52. The highest BCUT2D eigenvalue weighted by atomic mass is 16.6. The SMILES string of the molecule is CC(C)(C)OC(=O)NCC(=O)NCC=O. The molecule has 6 heteroatoms. The molecule has 0 aliphatic rings. The largest absolute Gasteiger partial charge is 0.444 e. The number of amides is 2. The van der Waals surface area contributed by atoms with Crippen molar-refractivity contribution in [2.45, 2.75) is 26.4 Å². The number of carbonyl (C=O) groups excluding carboxylic acids is 3. The molecule has 0 radical (unpaired) electrons. The van der Waals surface area contributed by atoms with Crippen LogP contribution in [-0.4, -0.2) is 37.0 Å². The van der Waals surface area contributed by atoms with Crippen LogP contribution in [0.3, 0.4) is 0 Å². The molecule has 2 amide bonds. The molecule has 2 N–H and O–H groups in total. The highest BCUT2D eigenvalue weighted by Gasteiger charge is 2.16. The summed E-state index contributed by atoms with van der Waals surface area (Å²) in [6, 6.07) is 0. The molecule has 0 unspecified atom stereocenters. The summed E-state index contributed by atoms with van der Waals surface area (Å²) in [6.07, 6.45) is -0.102. The lowest BCUT2D eigenvalue weighted by Crippen LogP contribution is -2.40. The molecular weight excluding hydrogens is 200 g/mol. The smallest absolute Gasteiger partial charge is 0.408 e. The van der Waals surface area contributed by atoms with Crippen LogP contribution in [0.15, 0.2) is 0 Å². The van der Waals surface area contributed by atoms with Gasteiger partial charge in [-0.2, -0.15) is 0 Å². The van der Waals surface area contributed by atoms with Crippen LogP contribution in [0.2, 0.25) is 0 Å². The summed E-state index contributed by atoms with van der Waals surface area (Å²) >= 11 is 0. The average Bonchev–Trinajstić information content (AvgIpc) is 2.08. The third-order valence-electron chi connectivity index (χ3n) is 1.17. The number of nitrogens with one attached hydrogen (secondary N) is 2. The predicted octanol–water partition coefficient (Wildman–Crippen LogP) is -0.174. The van der Waals surface area contributed by atoms with Crippen molar-refractivity contribution in [3.63, 3.8) is 0 Å². The lowest BCUT2D eigenvalue weighted by atomic mass is 10.2. The molecule has 0 saturated carbocycles. The summed E-state index contributed by atoms with van der Waals surface area (Å²) < 4.78 is 4.89. The van der Waals surface area contributed by atoms with Gasteiger partial charge in [0.1, 0.15) is 18.4 Å². The maximum atomic E-state index is 11.1. The second kappa shape index (κ2) is 6.00. The zero-order chi connectivity index (χ0) is 11.9. The number of rotatable bonds is 4. The minimum atomic E-state index is -0.663. The van der Waals surface area contributed by atoms with Crippen molar-refractivity contribution in [3.8, 4) is 0 Å². The van der Waals surface area contributed by atoms with Gasteiger partial charge in [-0.3, -0.25) is 4.79 Å². The number of ether oxygens (including phenoxy) is 1. The van der Waals surface area contributed by atoms with E-state index in [0.29, 0.717) is 6.29 Å². The zero-order valence-corrected chi connectivity index (χ0v) is 9.12. The topological polar surface area (TPSA) is 84.5 Å². The number of aldehydes is 1. The van der Waals surface area contributed by atoms with E-state index in [2.05, 4.69) is 10.6 Å². The van der Waals surface area contributed by atoms with E-state index in [1.54, 1.807) is 20.8 Å². The monoisotopic (exact) mass is 216 g/mol. The molecule has 6 nitrogen and oxygen atoms in total. The third-order valence-corrected chi connectivity index (χ3v) is 1.17. The van der Waals surface area contributed by atoms with E-state index in [4.69, 9.17) is 4.74 Å². The molecule has 0 rings (SSSR count). The summed E-state index contributed by atoms with van der Waals surface area (Å²) in [5.41, 5.74) is -0.594. The van der Waals surface area contributed by atoms with Crippen LogP contribution in [0.4, 0.5) is 4.79 Å². The van der Waals surface area contributed by atoms with Crippen LogP contribution in [0.1, 0.15) is 20.8 Å². The molecule has 0 fully saturated rings. The Bertz CT molecular complexity index is 245. The molecule has 0 spiro atoms. The molecule has 0 atom stereocenters. The van der Waals surface area contributed by atoms with Gasteiger partial charge in [0.2, 0.25) is 5.91 Å². The molecule has 0 aromatic heterocycles. The quantitative estimate of drug-likeness (QED) is 0.639. The Balaban J connectivity index is 3.71. The number of carbonyl (C=O) groups is 3. The summed E-state index contributed by atoms with van der Waals surface area (Å²) in [5.74, 6) is -0.437. The van der Waals surface area contributed by atoms with Gasteiger partial charge >= 0.3 is 6.09 Å². The van der Waals surface area contributed by atoms with Gasteiger partial charge in [0.05, 0.1) is 6.54 Å². The van der Waals surface area contributed by atoms with Gasteiger partial charge in [0.15, 0.2) is 0 Å². The zero-order valence-electron chi connectivity index (χ0n) is 9.12. The number of hydrogen-bond acceptors (Lipinski definition) is 4. The van der Waals surface area contributed by atoms with Crippen molar-refractivity contribution in [2.24, 2.45) is 0 Å². The van der Waals surface area contributed by atoms with Gasteiger partial charge in [0, 0.05) is 0 Å². The highest BCUT2D eigenvalue weighted by molar-refractivity contribution is 5.83. The van der Waals surface area contributed by atoms with Crippen LogP contribution in [0, 0.1) is 0 Å². The summed E-state index contributed by atoms with van der Waals surface area (Å²) in [6.45, 7) is 4.90. The van der Waals surface area contributed by atoms with Crippen LogP contribution in [0.25, 0.3) is 0 Å². The van der Waals surface area contributed by atoms with Crippen LogP contribution in [0.5, 0.6) is 0 Å². The van der Waals surface area contributed by atoms with Crippen LogP contribution < -0.4 is 10.6 Å². The molecule has 0 aromatic rings. The van der Waals surface area contributed by atoms with E-state index in [0.717, 1.165) is 0 Å². The molecule has 0 saturated heterocycles. The summed E-state index contributed by atoms with van der Waals surface area (Å²) in [5, 5.41) is 4.53. The van der Waals surface area contributed by atoms with Crippen molar-refractivity contribution in [2.75, 3.05) is 13.1 Å². The summed E-state index contributed by atoms with van der Waals surface area (Å²) in [4.78, 5) is 31.9.